The van der Waals surface area contributed by atoms with E-state index in [4.69, 9.17) is 9.47 Å². The van der Waals surface area contributed by atoms with E-state index in [0.29, 0.717) is 21.3 Å². The predicted octanol–water partition coefficient (Wildman–Crippen LogP) is 4.48. The first kappa shape index (κ1) is 18.6. The van der Waals surface area contributed by atoms with Gasteiger partial charge in [-0.3, -0.25) is 4.79 Å². The van der Waals surface area contributed by atoms with Crippen LogP contribution >= 0.6 is 22.7 Å². The Morgan fingerprint density at radius 2 is 1.86 bits per heavy atom. The number of aromatic nitrogens is 2. The highest BCUT2D eigenvalue weighted by atomic mass is 32.1. The molecule has 4 rings (SSSR count). The molecule has 144 valence electrons. The molecular formula is C20H19N3O3S2. The number of nitrogens with zero attached hydrogens (tertiary/aromatic N) is 3. The van der Waals surface area contributed by atoms with Crippen LogP contribution in [0.2, 0.25) is 0 Å². The molecule has 0 aliphatic heterocycles. The molecule has 0 spiro atoms. The molecule has 28 heavy (non-hydrogen) atoms. The van der Waals surface area contributed by atoms with Crippen molar-refractivity contribution in [2.45, 2.75) is 19.9 Å². The summed E-state index contributed by atoms with van der Waals surface area (Å²) in [7, 11) is 3.22. The van der Waals surface area contributed by atoms with Crippen LogP contribution in [0.3, 0.4) is 0 Å². The zero-order valence-electron chi connectivity index (χ0n) is 15.8. The van der Waals surface area contributed by atoms with Gasteiger partial charge in [0.1, 0.15) is 0 Å². The molecule has 0 aliphatic carbocycles. The van der Waals surface area contributed by atoms with Gasteiger partial charge >= 0.3 is 5.91 Å². The summed E-state index contributed by atoms with van der Waals surface area (Å²) in [6.07, 6.45) is 0.919. The minimum atomic E-state index is -0.323. The monoisotopic (exact) mass is 413 g/mol. The Morgan fingerprint density at radius 3 is 2.57 bits per heavy atom. The number of para-hydroxylation sites is 1. The maximum atomic E-state index is 12.8. The van der Waals surface area contributed by atoms with Crippen molar-refractivity contribution < 1.29 is 14.3 Å². The van der Waals surface area contributed by atoms with Crippen molar-refractivity contribution in [1.29, 1.82) is 0 Å². The molecule has 6 nitrogen and oxygen atoms in total. The summed E-state index contributed by atoms with van der Waals surface area (Å²) in [5, 5.41) is 0.400. The molecule has 0 saturated heterocycles. The van der Waals surface area contributed by atoms with Crippen LogP contribution < -0.4 is 14.3 Å². The first-order valence-electron chi connectivity index (χ1n) is 8.84. The summed E-state index contributed by atoms with van der Waals surface area (Å²) < 4.78 is 14.9. The van der Waals surface area contributed by atoms with Gasteiger partial charge in [0.05, 0.1) is 34.7 Å². The van der Waals surface area contributed by atoms with Crippen LogP contribution in [0.5, 0.6) is 11.5 Å². The molecule has 2 aromatic heterocycles. The fourth-order valence-corrected chi connectivity index (χ4v) is 4.93. The number of ether oxygens (including phenoxy) is 2. The van der Waals surface area contributed by atoms with Gasteiger partial charge in [-0.25, -0.2) is 4.98 Å². The summed E-state index contributed by atoms with van der Waals surface area (Å²) in [5.74, 6) is 0.988. The Morgan fingerprint density at radius 1 is 1.11 bits per heavy atom. The average Bonchev–Trinajstić information content (AvgIpc) is 3.28. The maximum Gasteiger partial charge on any atom is 0.308 e. The number of fused-ring (bicyclic) bond motifs is 2. The lowest BCUT2D eigenvalue weighted by Crippen LogP contribution is -2.16. The van der Waals surface area contributed by atoms with E-state index in [1.165, 1.54) is 22.7 Å². The molecule has 1 amide bonds. The van der Waals surface area contributed by atoms with Gasteiger partial charge in [0.25, 0.3) is 0 Å². The Hall–Kier alpha value is -2.71. The third-order valence-corrected chi connectivity index (χ3v) is 6.37. The predicted molar refractivity (Wildman–Crippen MR) is 113 cm³/mol. The highest BCUT2D eigenvalue weighted by Crippen LogP contribution is 2.33. The van der Waals surface area contributed by atoms with Gasteiger partial charge in [-0.2, -0.15) is 4.99 Å². The fraction of sp³-hybridized carbons (Fsp3) is 0.250. The van der Waals surface area contributed by atoms with Gasteiger partial charge in [-0.05, 0) is 18.6 Å². The lowest BCUT2D eigenvalue weighted by Gasteiger charge is -2.08. The number of hydrogen-bond acceptors (Lipinski definition) is 6. The van der Waals surface area contributed by atoms with E-state index >= 15 is 0 Å². The van der Waals surface area contributed by atoms with E-state index < -0.39 is 0 Å². The van der Waals surface area contributed by atoms with Crippen molar-refractivity contribution in [2.24, 2.45) is 4.99 Å². The van der Waals surface area contributed by atoms with Crippen molar-refractivity contribution in [3.63, 3.8) is 0 Å². The van der Waals surface area contributed by atoms with E-state index in [1.54, 1.807) is 14.2 Å². The normalized spacial score (nSPS) is 12.0. The SMILES string of the molecule is CCCn1c(=NC(=O)c2nc3ccccc3s2)sc2cc(OC)c(OC)cc21. The summed E-state index contributed by atoms with van der Waals surface area (Å²) in [6.45, 7) is 2.85. The molecule has 4 aromatic rings. The molecule has 0 atom stereocenters. The quantitative estimate of drug-likeness (QED) is 0.484. The molecule has 0 radical (unpaired) electrons. The van der Waals surface area contributed by atoms with E-state index in [0.717, 1.165) is 33.4 Å². The van der Waals surface area contributed by atoms with E-state index in [1.807, 2.05) is 41.0 Å². The zero-order chi connectivity index (χ0) is 19.7. The summed E-state index contributed by atoms with van der Waals surface area (Å²) >= 11 is 2.82. The number of rotatable bonds is 5. The van der Waals surface area contributed by atoms with Crippen molar-refractivity contribution in [1.82, 2.24) is 9.55 Å². The highest BCUT2D eigenvalue weighted by Gasteiger charge is 2.15. The molecule has 2 aromatic carbocycles. The largest absolute Gasteiger partial charge is 0.493 e. The third kappa shape index (κ3) is 3.29. The van der Waals surface area contributed by atoms with Gasteiger partial charge in [0.15, 0.2) is 21.3 Å². The fourth-order valence-electron chi connectivity index (χ4n) is 3.02. The molecule has 0 N–H and O–H groups in total. The third-order valence-electron chi connectivity index (χ3n) is 4.31. The van der Waals surface area contributed by atoms with Crippen LogP contribution in [0.15, 0.2) is 41.4 Å². The number of benzene rings is 2. The van der Waals surface area contributed by atoms with E-state index in [9.17, 15) is 4.79 Å². The van der Waals surface area contributed by atoms with Crippen LogP contribution in [0.1, 0.15) is 23.1 Å². The maximum absolute atomic E-state index is 12.8. The lowest BCUT2D eigenvalue weighted by molar-refractivity contribution is 0.0997. The average molecular weight is 414 g/mol. The molecule has 0 fully saturated rings. The smallest absolute Gasteiger partial charge is 0.308 e. The Kier molecular flexibility index (Phi) is 5.15. The topological polar surface area (TPSA) is 65.7 Å². The van der Waals surface area contributed by atoms with Crippen LogP contribution in [0.4, 0.5) is 0 Å². The molecule has 8 heteroatoms. The molecular weight excluding hydrogens is 394 g/mol. The molecule has 0 bridgehead atoms. The second-order valence-electron chi connectivity index (χ2n) is 6.11. The van der Waals surface area contributed by atoms with Crippen molar-refractivity contribution in [2.75, 3.05) is 14.2 Å². The van der Waals surface area contributed by atoms with Crippen LogP contribution in [-0.4, -0.2) is 29.7 Å². The Bertz CT molecular complexity index is 1200. The minimum absolute atomic E-state index is 0.323. The number of methoxy groups -OCH3 is 2. The van der Waals surface area contributed by atoms with Gasteiger partial charge in [-0.1, -0.05) is 30.4 Å². The zero-order valence-corrected chi connectivity index (χ0v) is 17.4. The number of hydrogen-bond donors (Lipinski definition) is 0. The van der Waals surface area contributed by atoms with Crippen molar-refractivity contribution in [3.05, 3.63) is 46.2 Å². The van der Waals surface area contributed by atoms with Crippen LogP contribution in [-0.2, 0) is 6.54 Å². The van der Waals surface area contributed by atoms with Crippen molar-refractivity contribution in [3.8, 4) is 11.5 Å². The summed E-state index contributed by atoms with van der Waals surface area (Å²) in [4.78, 5) is 22.3. The first-order chi connectivity index (χ1) is 13.6. The standard InChI is InChI=1S/C20H19N3O3S2/c1-4-9-23-13-10-14(25-2)15(26-3)11-17(13)28-20(23)22-18(24)19-21-12-7-5-6-8-16(12)27-19/h5-8,10-11H,4,9H2,1-3H3. The molecule has 0 unspecified atom stereocenters. The first-order valence-corrected chi connectivity index (χ1v) is 10.5. The molecule has 0 aliphatic rings. The lowest BCUT2D eigenvalue weighted by atomic mass is 10.3. The number of thiazole rings is 2. The summed E-state index contributed by atoms with van der Waals surface area (Å²) in [6, 6.07) is 11.6. The van der Waals surface area contributed by atoms with E-state index in [2.05, 4.69) is 16.9 Å². The minimum Gasteiger partial charge on any atom is -0.493 e. The second-order valence-corrected chi connectivity index (χ2v) is 8.15. The van der Waals surface area contributed by atoms with Gasteiger partial charge in [-0.15, -0.1) is 11.3 Å². The van der Waals surface area contributed by atoms with Crippen molar-refractivity contribution >= 4 is 49.0 Å². The summed E-state index contributed by atoms with van der Waals surface area (Å²) in [5.41, 5.74) is 1.79. The number of amides is 1. The number of carbonyl (C=O) groups is 1. The van der Waals surface area contributed by atoms with Gasteiger partial charge in [0.2, 0.25) is 0 Å². The highest BCUT2D eigenvalue weighted by molar-refractivity contribution is 7.20. The van der Waals surface area contributed by atoms with E-state index in [-0.39, 0.29) is 5.91 Å². The Labute approximate surface area is 169 Å². The van der Waals surface area contributed by atoms with Crippen LogP contribution in [0, 0.1) is 0 Å². The molecule has 0 saturated carbocycles. The van der Waals surface area contributed by atoms with Crippen LogP contribution in [0.25, 0.3) is 20.4 Å². The van der Waals surface area contributed by atoms with Gasteiger partial charge in [0, 0.05) is 18.7 Å². The second kappa shape index (κ2) is 7.73. The Balaban J connectivity index is 1.86. The molecule has 2 heterocycles. The van der Waals surface area contributed by atoms with Gasteiger partial charge < -0.3 is 14.0 Å². The number of carbonyl (C=O) groups excluding carboxylic acids is 1. The number of aryl methyl sites for hydroxylation is 1.